The van der Waals surface area contributed by atoms with Crippen molar-refractivity contribution >= 4 is 65.0 Å². The number of fused-ring (bicyclic) bond motifs is 11. The quantitative estimate of drug-likeness (QED) is 0.211. The minimum absolute atomic E-state index is 0.648. The molecule has 0 aliphatic rings. The first-order valence-electron chi connectivity index (χ1n) is 14.0. The molecule has 9 aromatic rings. The highest BCUT2D eigenvalue weighted by molar-refractivity contribution is 6.26. The molecule has 190 valence electrons. The molecule has 2 nitrogen and oxygen atoms in total. The van der Waals surface area contributed by atoms with Crippen LogP contribution in [0.3, 0.4) is 0 Å². The van der Waals surface area contributed by atoms with E-state index in [-0.39, 0.29) is 0 Å². The average molecular weight is 522 g/mol. The third-order valence-electron chi connectivity index (χ3n) is 8.45. The summed E-state index contributed by atoms with van der Waals surface area (Å²) in [6.45, 7) is 0. The summed E-state index contributed by atoms with van der Waals surface area (Å²) in [4.78, 5) is 4.84. The number of nitrogens with zero attached hydrogens (tertiary/aromatic N) is 1. The lowest BCUT2D eigenvalue weighted by Gasteiger charge is -2.13. The fraction of sp³-hybridized carbons (Fsp3) is 0. The van der Waals surface area contributed by atoms with Gasteiger partial charge in [-0.1, -0.05) is 109 Å². The van der Waals surface area contributed by atoms with Crippen LogP contribution in [0.5, 0.6) is 0 Å². The lowest BCUT2D eigenvalue weighted by molar-refractivity contribution is 0.623. The second kappa shape index (κ2) is 8.51. The molecule has 41 heavy (non-hydrogen) atoms. The second-order valence-corrected chi connectivity index (χ2v) is 10.7. The summed E-state index contributed by atoms with van der Waals surface area (Å²) in [7, 11) is 0. The van der Waals surface area contributed by atoms with Crippen LogP contribution < -0.4 is 0 Å². The first kappa shape index (κ1) is 22.4. The van der Waals surface area contributed by atoms with Crippen LogP contribution in [-0.2, 0) is 0 Å². The third-order valence-corrected chi connectivity index (χ3v) is 8.45. The predicted octanol–water partition coefficient (Wildman–Crippen LogP) is 10.9. The summed E-state index contributed by atoms with van der Waals surface area (Å²) in [5.74, 6) is 0.648. The second-order valence-electron chi connectivity index (χ2n) is 10.7. The van der Waals surface area contributed by atoms with Crippen molar-refractivity contribution in [2.75, 3.05) is 0 Å². The van der Waals surface area contributed by atoms with Crippen molar-refractivity contribution in [3.8, 4) is 22.6 Å². The van der Waals surface area contributed by atoms with Crippen molar-refractivity contribution in [3.05, 3.63) is 140 Å². The standard InChI is InChI=1S/C39H23NO/c1-2-8-26(9-3-1)39-40-36-21-19-25-16-14-24-15-17-27(22-34(24)37(25)38(36)41-39)28-18-20-33-31-12-5-4-10-29(31)30-11-6-7-13-32(30)35(33)23-28/h1-23H. The van der Waals surface area contributed by atoms with Crippen LogP contribution >= 0.6 is 0 Å². The molecule has 9 rings (SSSR count). The van der Waals surface area contributed by atoms with Gasteiger partial charge in [0.2, 0.25) is 5.89 Å². The van der Waals surface area contributed by atoms with Gasteiger partial charge in [0.1, 0.15) is 5.52 Å². The van der Waals surface area contributed by atoms with Crippen LogP contribution in [0.2, 0.25) is 0 Å². The van der Waals surface area contributed by atoms with Crippen molar-refractivity contribution in [2.45, 2.75) is 0 Å². The summed E-state index contributed by atoms with van der Waals surface area (Å²) in [5, 5.41) is 12.3. The Morgan fingerprint density at radius 1 is 0.390 bits per heavy atom. The van der Waals surface area contributed by atoms with Crippen LogP contribution in [0.1, 0.15) is 0 Å². The van der Waals surface area contributed by atoms with E-state index in [0.717, 1.165) is 27.4 Å². The van der Waals surface area contributed by atoms with Crippen LogP contribution in [0.15, 0.2) is 144 Å². The van der Waals surface area contributed by atoms with E-state index in [2.05, 4.69) is 109 Å². The number of hydrogen-bond donors (Lipinski definition) is 0. The van der Waals surface area contributed by atoms with E-state index in [0.29, 0.717) is 5.89 Å². The van der Waals surface area contributed by atoms with Gasteiger partial charge >= 0.3 is 0 Å². The number of aromatic nitrogens is 1. The molecule has 0 N–H and O–H groups in total. The van der Waals surface area contributed by atoms with Gasteiger partial charge < -0.3 is 4.42 Å². The molecule has 0 spiro atoms. The van der Waals surface area contributed by atoms with Gasteiger partial charge in [-0.3, -0.25) is 0 Å². The predicted molar refractivity (Wildman–Crippen MR) is 172 cm³/mol. The summed E-state index contributed by atoms with van der Waals surface area (Å²) < 4.78 is 6.46. The van der Waals surface area contributed by atoms with E-state index in [4.69, 9.17) is 9.40 Å². The molecule has 0 bridgehead atoms. The van der Waals surface area contributed by atoms with Gasteiger partial charge in [-0.05, 0) is 89.9 Å². The van der Waals surface area contributed by atoms with Crippen LogP contribution in [0.4, 0.5) is 0 Å². The van der Waals surface area contributed by atoms with E-state index in [1.54, 1.807) is 0 Å². The molecule has 8 aromatic carbocycles. The lowest BCUT2D eigenvalue weighted by atomic mass is 9.91. The highest BCUT2D eigenvalue weighted by Crippen LogP contribution is 2.39. The molecule has 0 aliphatic heterocycles. The summed E-state index contributed by atoms with van der Waals surface area (Å²) in [6, 6.07) is 49.8. The largest absolute Gasteiger partial charge is 0.435 e. The van der Waals surface area contributed by atoms with Crippen molar-refractivity contribution < 1.29 is 4.42 Å². The number of rotatable bonds is 2. The molecule has 1 aromatic heterocycles. The Morgan fingerprint density at radius 3 is 1.66 bits per heavy atom. The van der Waals surface area contributed by atoms with Gasteiger partial charge in [0.25, 0.3) is 0 Å². The SMILES string of the molecule is c1ccc(-c2nc3ccc4ccc5ccc(-c6ccc7c8ccccc8c8ccccc8c7c6)cc5c4c3o2)cc1. The van der Waals surface area contributed by atoms with Crippen LogP contribution in [-0.4, -0.2) is 4.98 Å². The molecule has 0 atom stereocenters. The summed E-state index contributed by atoms with van der Waals surface area (Å²) in [5.41, 5.74) is 5.07. The molecule has 0 saturated heterocycles. The zero-order valence-corrected chi connectivity index (χ0v) is 22.1. The maximum atomic E-state index is 6.46. The van der Waals surface area contributed by atoms with Gasteiger partial charge in [-0.2, -0.15) is 0 Å². The average Bonchev–Trinajstić information content (AvgIpc) is 3.49. The maximum absolute atomic E-state index is 6.46. The molecular formula is C39H23NO. The first-order chi connectivity index (χ1) is 20.3. The topological polar surface area (TPSA) is 26.0 Å². The molecule has 2 heteroatoms. The van der Waals surface area contributed by atoms with Crippen molar-refractivity contribution in [1.29, 1.82) is 0 Å². The molecule has 0 saturated carbocycles. The van der Waals surface area contributed by atoms with Gasteiger partial charge in [0.05, 0.1) is 0 Å². The van der Waals surface area contributed by atoms with Gasteiger partial charge in [0.15, 0.2) is 5.58 Å². The summed E-state index contributed by atoms with van der Waals surface area (Å²) in [6.07, 6.45) is 0. The van der Waals surface area contributed by atoms with E-state index >= 15 is 0 Å². The van der Waals surface area contributed by atoms with Crippen molar-refractivity contribution in [3.63, 3.8) is 0 Å². The molecule has 1 heterocycles. The minimum atomic E-state index is 0.648. The zero-order valence-electron chi connectivity index (χ0n) is 22.1. The monoisotopic (exact) mass is 521 g/mol. The van der Waals surface area contributed by atoms with E-state index in [1.807, 2.05) is 30.3 Å². The van der Waals surface area contributed by atoms with Gasteiger partial charge in [-0.15, -0.1) is 0 Å². The zero-order chi connectivity index (χ0) is 26.9. The maximum Gasteiger partial charge on any atom is 0.227 e. The Morgan fingerprint density at radius 2 is 0.927 bits per heavy atom. The Kier molecular flexibility index (Phi) is 4.64. The Balaban J connectivity index is 1.30. The molecule has 0 unspecified atom stereocenters. The highest BCUT2D eigenvalue weighted by Gasteiger charge is 2.15. The van der Waals surface area contributed by atoms with E-state index in [1.165, 1.54) is 54.2 Å². The van der Waals surface area contributed by atoms with Crippen LogP contribution in [0.25, 0.3) is 87.5 Å². The van der Waals surface area contributed by atoms with Gasteiger partial charge in [-0.25, -0.2) is 4.98 Å². The lowest BCUT2D eigenvalue weighted by Crippen LogP contribution is -1.86. The van der Waals surface area contributed by atoms with Crippen molar-refractivity contribution in [1.82, 2.24) is 4.98 Å². The van der Waals surface area contributed by atoms with E-state index in [9.17, 15) is 0 Å². The van der Waals surface area contributed by atoms with Crippen molar-refractivity contribution in [2.24, 2.45) is 0 Å². The third kappa shape index (κ3) is 3.34. The Bertz CT molecular complexity index is 2430. The molecular weight excluding hydrogens is 498 g/mol. The highest BCUT2D eigenvalue weighted by atomic mass is 16.3. The molecule has 0 amide bonds. The molecule has 0 fully saturated rings. The normalized spacial score (nSPS) is 11.9. The van der Waals surface area contributed by atoms with Gasteiger partial charge in [0, 0.05) is 10.9 Å². The summed E-state index contributed by atoms with van der Waals surface area (Å²) >= 11 is 0. The van der Waals surface area contributed by atoms with E-state index < -0.39 is 0 Å². The fourth-order valence-electron chi connectivity index (χ4n) is 6.49. The number of benzene rings is 8. The Hall–Kier alpha value is -5.47. The Labute approximate surface area is 236 Å². The minimum Gasteiger partial charge on any atom is -0.435 e. The molecule has 0 radical (unpaired) electrons. The molecule has 0 aliphatic carbocycles. The number of hydrogen-bond acceptors (Lipinski definition) is 2. The smallest absolute Gasteiger partial charge is 0.227 e. The van der Waals surface area contributed by atoms with Crippen LogP contribution in [0, 0.1) is 0 Å². The fourth-order valence-corrected chi connectivity index (χ4v) is 6.49. The first-order valence-corrected chi connectivity index (χ1v) is 14.0. The number of oxazole rings is 1.